The molecule has 1 aliphatic carbocycles. The van der Waals surface area contributed by atoms with Crippen LogP contribution in [0.1, 0.15) is 59.3 Å². The molecule has 0 unspecified atom stereocenters. The summed E-state index contributed by atoms with van der Waals surface area (Å²) in [6.45, 7) is 5.75. The van der Waals surface area contributed by atoms with E-state index in [4.69, 9.17) is 9.47 Å². The molecule has 0 aromatic heterocycles. The smallest absolute Gasteiger partial charge is 0.323 e. The van der Waals surface area contributed by atoms with Crippen LogP contribution in [0.2, 0.25) is 0 Å². The standard InChI is InChI=1S/C15H26O4/c1-4-18-13(16)15(3,14(17)19-5-2)11-12-9-7-6-8-10-12/h12H,4-11H2,1-3H3. The number of esters is 2. The molecule has 4 nitrogen and oxygen atoms in total. The molecule has 4 heteroatoms. The predicted octanol–water partition coefficient (Wildman–Crippen LogP) is 3.09. The van der Waals surface area contributed by atoms with Crippen LogP contribution in [0, 0.1) is 11.3 Å². The normalized spacial score (nSPS) is 17.0. The lowest BCUT2D eigenvalue weighted by atomic mass is 9.75. The Balaban J connectivity index is 2.77. The largest absolute Gasteiger partial charge is 0.465 e. The minimum atomic E-state index is -1.14. The maximum Gasteiger partial charge on any atom is 0.323 e. The topological polar surface area (TPSA) is 52.6 Å². The second-order valence-corrected chi connectivity index (χ2v) is 5.48. The van der Waals surface area contributed by atoms with Crippen molar-refractivity contribution in [2.24, 2.45) is 11.3 Å². The SMILES string of the molecule is CCOC(=O)C(C)(CC1CCCCC1)C(=O)OCC. The number of hydrogen-bond donors (Lipinski definition) is 0. The lowest BCUT2D eigenvalue weighted by Crippen LogP contribution is -2.41. The first-order valence-electron chi connectivity index (χ1n) is 7.39. The Bertz CT molecular complexity index is 287. The van der Waals surface area contributed by atoms with Crippen molar-refractivity contribution >= 4 is 11.9 Å². The average Bonchev–Trinajstić information content (AvgIpc) is 2.40. The second-order valence-electron chi connectivity index (χ2n) is 5.48. The molecular formula is C15H26O4. The highest BCUT2D eigenvalue weighted by Gasteiger charge is 2.45. The van der Waals surface area contributed by atoms with E-state index >= 15 is 0 Å². The molecule has 0 aromatic carbocycles. The van der Waals surface area contributed by atoms with E-state index in [-0.39, 0.29) is 0 Å². The van der Waals surface area contributed by atoms with Crippen molar-refractivity contribution in [2.45, 2.75) is 59.3 Å². The van der Waals surface area contributed by atoms with Gasteiger partial charge in [-0.05, 0) is 33.1 Å². The van der Waals surface area contributed by atoms with E-state index in [9.17, 15) is 9.59 Å². The van der Waals surface area contributed by atoms with Crippen LogP contribution in [0.4, 0.5) is 0 Å². The van der Waals surface area contributed by atoms with Gasteiger partial charge in [0.25, 0.3) is 0 Å². The molecule has 19 heavy (non-hydrogen) atoms. The maximum absolute atomic E-state index is 12.1. The van der Waals surface area contributed by atoms with Crippen molar-refractivity contribution in [1.29, 1.82) is 0 Å². The Morgan fingerprint density at radius 3 is 1.89 bits per heavy atom. The molecule has 0 bridgehead atoms. The van der Waals surface area contributed by atoms with Crippen LogP contribution in [0.15, 0.2) is 0 Å². The third-order valence-corrected chi connectivity index (χ3v) is 3.87. The minimum absolute atomic E-state index is 0.290. The van der Waals surface area contributed by atoms with E-state index in [1.54, 1.807) is 20.8 Å². The second kappa shape index (κ2) is 7.51. The van der Waals surface area contributed by atoms with Gasteiger partial charge in [0.05, 0.1) is 13.2 Å². The maximum atomic E-state index is 12.1. The number of rotatable bonds is 6. The van der Waals surface area contributed by atoms with Gasteiger partial charge in [-0.1, -0.05) is 32.1 Å². The molecule has 0 spiro atoms. The van der Waals surface area contributed by atoms with Crippen molar-refractivity contribution in [2.75, 3.05) is 13.2 Å². The number of carbonyl (C=O) groups is 2. The zero-order valence-electron chi connectivity index (χ0n) is 12.4. The van der Waals surface area contributed by atoms with Gasteiger partial charge in [-0.3, -0.25) is 9.59 Å². The van der Waals surface area contributed by atoms with E-state index in [0.717, 1.165) is 12.8 Å². The quantitative estimate of drug-likeness (QED) is 0.550. The molecule has 0 aromatic rings. The van der Waals surface area contributed by atoms with Crippen molar-refractivity contribution < 1.29 is 19.1 Å². The summed E-state index contributed by atoms with van der Waals surface area (Å²) in [6.07, 6.45) is 6.36. The summed E-state index contributed by atoms with van der Waals surface area (Å²) in [6, 6.07) is 0. The van der Waals surface area contributed by atoms with Crippen LogP contribution in [-0.4, -0.2) is 25.2 Å². The van der Waals surface area contributed by atoms with Gasteiger partial charge in [-0.25, -0.2) is 0 Å². The third-order valence-electron chi connectivity index (χ3n) is 3.87. The Labute approximate surface area is 115 Å². The molecule has 0 aliphatic heterocycles. The number of ether oxygens (including phenoxy) is 2. The van der Waals surface area contributed by atoms with Crippen LogP contribution in [0.3, 0.4) is 0 Å². The van der Waals surface area contributed by atoms with Crippen molar-refractivity contribution in [3.05, 3.63) is 0 Å². The lowest BCUT2D eigenvalue weighted by Gasteiger charge is -2.31. The van der Waals surface area contributed by atoms with Crippen LogP contribution in [0.25, 0.3) is 0 Å². The van der Waals surface area contributed by atoms with Gasteiger partial charge in [-0.2, -0.15) is 0 Å². The minimum Gasteiger partial charge on any atom is -0.465 e. The molecule has 0 N–H and O–H groups in total. The van der Waals surface area contributed by atoms with E-state index in [2.05, 4.69) is 0 Å². The number of hydrogen-bond acceptors (Lipinski definition) is 4. The fourth-order valence-corrected chi connectivity index (χ4v) is 2.80. The Kier molecular flexibility index (Phi) is 6.32. The van der Waals surface area contributed by atoms with Crippen LogP contribution in [-0.2, 0) is 19.1 Å². The van der Waals surface area contributed by atoms with Gasteiger partial charge in [0.1, 0.15) is 0 Å². The molecule has 110 valence electrons. The summed E-state index contributed by atoms with van der Waals surface area (Å²) in [5, 5.41) is 0. The first-order valence-corrected chi connectivity index (χ1v) is 7.39. The molecule has 1 aliphatic rings. The van der Waals surface area contributed by atoms with Gasteiger partial charge in [0.15, 0.2) is 5.41 Å². The Morgan fingerprint density at radius 2 is 1.47 bits per heavy atom. The van der Waals surface area contributed by atoms with Crippen LogP contribution >= 0.6 is 0 Å². The Hall–Kier alpha value is -1.06. The first-order chi connectivity index (χ1) is 9.04. The molecule has 0 heterocycles. The van der Waals surface area contributed by atoms with Crippen molar-refractivity contribution in [3.63, 3.8) is 0 Å². The monoisotopic (exact) mass is 270 g/mol. The average molecular weight is 270 g/mol. The molecule has 1 rings (SSSR count). The summed E-state index contributed by atoms with van der Waals surface area (Å²) in [7, 11) is 0. The van der Waals surface area contributed by atoms with Gasteiger partial charge in [0.2, 0.25) is 0 Å². The van der Waals surface area contributed by atoms with E-state index in [1.807, 2.05) is 0 Å². The zero-order chi connectivity index (χ0) is 14.3. The number of carbonyl (C=O) groups excluding carboxylic acids is 2. The molecule has 0 saturated heterocycles. The highest BCUT2D eigenvalue weighted by molar-refractivity contribution is 5.99. The van der Waals surface area contributed by atoms with Gasteiger partial charge in [-0.15, -0.1) is 0 Å². The van der Waals surface area contributed by atoms with Gasteiger partial charge >= 0.3 is 11.9 Å². The molecule has 0 atom stereocenters. The fraction of sp³-hybridized carbons (Fsp3) is 0.867. The highest BCUT2D eigenvalue weighted by Crippen LogP contribution is 2.36. The summed E-state index contributed by atoms with van der Waals surface area (Å²) < 4.78 is 10.2. The van der Waals surface area contributed by atoms with Crippen LogP contribution in [0.5, 0.6) is 0 Å². The van der Waals surface area contributed by atoms with Gasteiger partial charge in [0, 0.05) is 0 Å². The fourth-order valence-electron chi connectivity index (χ4n) is 2.80. The predicted molar refractivity (Wildman–Crippen MR) is 72.6 cm³/mol. The van der Waals surface area contributed by atoms with E-state index in [1.165, 1.54) is 19.3 Å². The molecule has 0 amide bonds. The third kappa shape index (κ3) is 4.22. The molecule has 0 radical (unpaired) electrons. The first kappa shape index (κ1) is 16.0. The van der Waals surface area contributed by atoms with E-state index < -0.39 is 17.4 Å². The molecular weight excluding hydrogens is 244 g/mol. The van der Waals surface area contributed by atoms with Crippen molar-refractivity contribution in [3.8, 4) is 0 Å². The van der Waals surface area contributed by atoms with Crippen molar-refractivity contribution in [1.82, 2.24) is 0 Å². The van der Waals surface area contributed by atoms with E-state index in [0.29, 0.717) is 25.6 Å². The summed E-state index contributed by atoms with van der Waals surface area (Å²) in [4.78, 5) is 24.3. The molecule has 1 saturated carbocycles. The van der Waals surface area contributed by atoms with Crippen LogP contribution < -0.4 is 0 Å². The summed E-state index contributed by atoms with van der Waals surface area (Å²) in [5.74, 6) is -0.467. The lowest BCUT2D eigenvalue weighted by molar-refractivity contribution is -0.172. The molecule has 1 fully saturated rings. The Morgan fingerprint density at radius 1 is 1.00 bits per heavy atom. The van der Waals surface area contributed by atoms with Gasteiger partial charge < -0.3 is 9.47 Å². The zero-order valence-corrected chi connectivity index (χ0v) is 12.4. The summed E-state index contributed by atoms with van der Waals surface area (Å²) in [5.41, 5.74) is -1.14. The summed E-state index contributed by atoms with van der Waals surface area (Å²) >= 11 is 0. The highest BCUT2D eigenvalue weighted by atomic mass is 16.6.